The third kappa shape index (κ3) is 0.775. The molecule has 3 atom stereocenters. The van der Waals surface area contributed by atoms with Gasteiger partial charge in [-0.15, -0.1) is 0 Å². The molecule has 0 aliphatic carbocycles. The number of methoxy groups -OCH3 is 1. The van der Waals surface area contributed by atoms with Gasteiger partial charge >= 0.3 is 0 Å². The van der Waals surface area contributed by atoms with Crippen LogP contribution in [0.15, 0.2) is 0 Å². The SMILES string of the molecule is COC1CN2CC[C@@H]1C2. The van der Waals surface area contributed by atoms with Gasteiger partial charge in [0.2, 0.25) is 0 Å². The summed E-state index contributed by atoms with van der Waals surface area (Å²) in [7, 11) is 1.83. The molecule has 2 aliphatic heterocycles. The predicted octanol–water partition coefficient (Wildman–Crippen LogP) is 0.337. The monoisotopic (exact) mass is 127 g/mol. The molecule has 0 aromatic heterocycles. The third-order valence-electron chi connectivity index (χ3n) is 2.58. The number of nitrogens with zero attached hydrogens (tertiary/aromatic N) is 1. The summed E-state index contributed by atoms with van der Waals surface area (Å²) in [6, 6.07) is 0. The van der Waals surface area contributed by atoms with Crippen molar-refractivity contribution in [1.82, 2.24) is 4.90 Å². The van der Waals surface area contributed by atoms with Crippen LogP contribution in [0, 0.1) is 5.92 Å². The molecule has 9 heavy (non-hydrogen) atoms. The Morgan fingerprint density at radius 1 is 1.44 bits per heavy atom. The third-order valence-corrected chi connectivity index (χ3v) is 2.58. The van der Waals surface area contributed by atoms with Gasteiger partial charge in [0.25, 0.3) is 0 Å². The van der Waals surface area contributed by atoms with Gasteiger partial charge in [-0.1, -0.05) is 0 Å². The Kier molecular flexibility index (Phi) is 1.24. The number of rotatable bonds is 1. The van der Waals surface area contributed by atoms with Crippen molar-refractivity contribution in [2.24, 2.45) is 5.92 Å². The zero-order valence-corrected chi connectivity index (χ0v) is 5.84. The molecule has 0 amide bonds. The number of hydrogen-bond donors (Lipinski definition) is 0. The molecule has 0 spiro atoms. The number of fused-ring (bicyclic) bond motifs is 2. The topological polar surface area (TPSA) is 12.5 Å². The van der Waals surface area contributed by atoms with Crippen LogP contribution in [-0.4, -0.2) is 37.7 Å². The molecule has 2 bridgehead atoms. The van der Waals surface area contributed by atoms with Crippen LogP contribution < -0.4 is 0 Å². The van der Waals surface area contributed by atoms with E-state index in [0.717, 1.165) is 5.92 Å². The molecule has 0 N–H and O–H groups in total. The Labute approximate surface area is 55.8 Å². The molecule has 2 unspecified atom stereocenters. The minimum atomic E-state index is 0.554. The molecule has 0 saturated carbocycles. The zero-order valence-electron chi connectivity index (χ0n) is 5.84. The van der Waals surface area contributed by atoms with Crippen LogP contribution in [0.25, 0.3) is 0 Å². The van der Waals surface area contributed by atoms with Gasteiger partial charge in [0.1, 0.15) is 0 Å². The van der Waals surface area contributed by atoms with Gasteiger partial charge in [-0.3, -0.25) is 0 Å². The second-order valence-corrected chi connectivity index (χ2v) is 3.08. The first-order chi connectivity index (χ1) is 4.40. The molecule has 0 aromatic rings. The molecule has 2 saturated heterocycles. The lowest BCUT2D eigenvalue weighted by molar-refractivity contribution is 0.0623. The maximum Gasteiger partial charge on any atom is 0.0738 e. The van der Waals surface area contributed by atoms with E-state index >= 15 is 0 Å². The van der Waals surface area contributed by atoms with Crippen molar-refractivity contribution in [2.75, 3.05) is 26.7 Å². The van der Waals surface area contributed by atoms with Crippen LogP contribution in [0.1, 0.15) is 6.42 Å². The van der Waals surface area contributed by atoms with Crippen molar-refractivity contribution in [3.63, 3.8) is 0 Å². The molecular formula is C7H13NO. The molecule has 52 valence electrons. The second-order valence-electron chi connectivity index (χ2n) is 3.08. The number of ether oxygens (including phenoxy) is 1. The lowest BCUT2D eigenvalue weighted by atomic mass is 10.0. The summed E-state index contributed by atoms with van der Waals surface area (Å²) in [5.41, 5.74) is 0. The summed E-state index contributed by atoms with van der Waals surface area (Å²) in [5.74, 6) is 0.856. The van der Waals surface area contributed by atoms with Crippen LogP contribution in [-0.2, 0) is 4.74 Å². The highest BCUT2D eigenvalue weighted by atomic mass is 16.5. The summed E-state index contributed by atoms with van der Waals surface area (Å²) >= 11 is 0. The highest BCUT2D eigenvalue weighted by molar-refractivity contribution is 4.90. The maximum atomic E-state index is 5.30. The average Bonchev–Trinajstić information content (AvgIpc) is 2.45. The van der Waals surface area contributed by atoms with E-state index in [0.29, 0.717) is 6.10 Å². The minimum Gasteiger partial charge on any atom is -0.380 e. The van der Waals surface area contributed by atoms with Crippen LogP contribution >= 0.6 is 0 Å². The Bertz CT molecular complexity index is 115. The Morgan fingerprint density at radius 3 is 2.67 bits per heavy atom. The highest BCUT2D eigenvalue weighted by Crippen LogP contribution is 2.29. The van der Waals surface area contributed by atoms with Crippen molar-refractivity contribution in [1.29, 1.82) is 0 Å². The normalized spacial score (nSPS) is 48.3. The summed E-state index contributed by atoms with van der Waals surface area (Å²) in [4.78, 5) is 2.48. The molecular weight excluding hydrogens is 114 g/mol. The predicted molar refractivity (Wildman–Crippen MR) is 35.3 cm³/mol. The highest BCUT2D eigenvalue weighted by Gasteiger charge is 2.37. The molecule has 0 aromatic carbocycles. The van der Waals surface area contributed by atoms with E-state index in [4.69, 9.17) is 4.74 Å². The van der Waals surface area contributed by atoms with Gasteiger partial charge in [0.15, 0.2) is 0 Å². The van der Waals surface area contributed by atoms with E-state index in [9.17, 15) is 0 Å². The van der Waals surface area contributed by atoms with Gasteiger partial charge in [-0.2, -0.15) is 0 Å². The summed E-state index contributed by atoms with van der Waals surface area (Å²) < 4.78 is 5.30. The molecule has 0 radical (unpaired) electrons. The van der Waals surface area contributed by atoms with E-state index in [-0.39, 0.29) is 0 Å². The van der Waals surface area contributed by atoms with Gasteiger partial charge < -0.3 is 9.64 Å². The standard InChI is InChI=1S/C7H13NO/c1-9-7-5-8-3-2-6(7)4-8/h6-7H,2-5H2,1H3/t6-,7?/m1/s1. The lowest BCUT2D eigenvalue weighted by Gasteiger charge is -2.19. The van der Waals surface area contributed by atoms with Crippen LogP contribution in [0.2, 0.25) is 0 Å². The molecule has 2 aliphatic rings. The van der Waals surface area contributed by atoms with Crippen molar-refractivity contribution >= 4 is 0 Å². The van der Waals surface area contributed by atoms with Gasteiger partial charge in [-0.25, -0.2) is 0 Å². The Balaban J connectivity index is 2.01. The van der Waals surface area contributed by atoms with Crippen molar-refractivity contribution in [3.05, 3.63) is 0 Å². The van der Waals surface area contributed by atoms with Crippen molar-refractivity contribution in [3.8, 4) is 0 Å². The quantitative estimate of drug-likeness (QED) is 0.503. The first kappa shape index (κ1) is 5.69. The summed E-state index contributed by atoms with van der Waals surface area (Å²) in [6.45, 7) is 3.78. The zero-order chi connectivity index (χ0) is 6.27. The van der Waals surface area contributed by atoms with E-state index in [1.54, 1.807) is 0 Å². The van der Waals surface area contributed by atoms with Crippen LogP contribution in [0.5, 0.6) is 0 Å². The molecule has 2 rings (SSSR count). The first-order valence-electron chi connectivity index (χ1n) is 3.65. The summed E-state index contributed by atoms with van der Waals surface area (Å²) in [5, 5.41) is 0. The molecule has 2 nitrogen and oxygen atoms in total. The van der Waals surface area contributed by atoms with Crippen LogP contribution in [0.3, 0.4) is 0 Å². The van der Waals surface area contributed by atoms with Gasteiger partial charge in [0.05, 0.1) is 6.10 Å². The van der Waals surface area contributed by atoms with Crippen LogP contribution in [0.4, 0.5) is 0 Å². The Hall–Kier alpha value is -0.0800. The van der Waals surface area contributed by atoms with E-state index in [1.807, 2.05) is 7.11 Å². The fraction of sp³-hybridized carbons (Fsp3) is 1.00. The largest absolute Gasteiger partial charge is 0.380 e. The maximum absolute atomic E-state index is 5.30. The van der Waals surface area contributed by atoms with Crippen molar-refractivity contribution in [2.45, 2.75) is 12.5 Å². The molecule has 2 fully saturated rings. The first-order valence-corrected chi connectivity index (χ1v) is 3.65. The van der Waals surface area contributed by atoms with E-state index in [2.05, 4.69) is 4.90 Å². The smallest absolute Gasteiger partial charge is 0.0738 e. The number of piperidine rings is 1. The van der Waals surface area contributed by atoms with Gasteiger partial charge in [-0.05, 0) is 13.0 Å². The minimum absolute atomic E-state index is 0.554. The van der Waals surface area contributed by atoms with Gasteiger partial charge in [0, 0.05) is 26.1 Å². The summed E-state index contributed by atoms with van der Waals surface area (Å²) in [6.07, 6.45) is 1.91. The van der Waals surface area contributed by atoms with E-state index in [1.165, 1.54) is 26.1 Å². The van der Waals surface area contributed by atoms with Crippen molar-refractivity contribution < 1.29 is 4.74 Å². The Morgan fingerprint density at radius 2 is 2.33 bits per heavy atom. The lowest BCUT2D eigenvalue weighted by Crippen LogP contribution is -2.28. The number of hydrogen-bond acceptors (Lipinski definition) is 2. The fourth-order valence-electron chi connectivity index (χ4n) is 2.00. The fourth-order valence-corrected chi connectivity index (χ4v) is 2.00. The second kappa shape index (κ2) is 1.96. The molecule has 2 heterocycles. The molecule has 2 heteroatoms. The van der Waals surface area contributed by atoms with E-state index < -0.39 is 0 Å². The average molecular weight is 127 g/mol.